The predicted molar refractivity (Wildman–Crippen MR) is 77.2 cm³/mol. The second-order valence-corrected chi connectivity index (χ2v) is 5.99. The molecular formula is C14H11BrClN3. The largest absolute Gasteiger partial charge is 0.248 e. The van der Waals surface area contributed by atoms with Crippen LogP contribution in [-0.2, 0) is 6.54 Å². The van der Waals surface area contributed by atoms with Gasteiger partial charge in [0.15, 0.2) is 0 Å². The van der Waals surface area contributed by atoms with Crippen molar-refractivity contribution in [1.82, 2.24) is 9.78 Å². The summed E-state index contributed by atoms with van der Waals surface area (Å²) in [6.07, 6.45) is 2.22. The molecule has 1 aliphatic carbocycles. The van der Waals surface area contributed by atoms with Crippen LogP contribution in [0.3, 0.4) is 0 Å². The van der Waals surface area contributed by atoms with Crippen LogP contribution < -0.4 is 0 Å². The summed E-state index contributed by atoms with van der Waals surface area (Å²) in [5.41, 5.74) is 2.52. The Labute approximate surface area is 124 Å². The number of benzene rings is 1. The van der Waals surface area contributed by atoms with E-state index in [0.29, 0.717) is 23.2 Å². The van der Waals surface area contributed by atoms with E-state index < -0.39 is 0 Å². The van der Waals surface area contributed by atoms with Gasteiger partial charge in [0.2, 0.25) is 0 Å². The van der Waals surface area contributed by atoms with E-state index in [-0.39, 0.29) is 0 Å². The maximum Gasteiger partial charge on any atom is 0.145 e. The van der Waals surface area contributed by atoms with Crippen LogP contribution in [0.5, 0.6) is 0 Å². The van der Waals surface area contributed by atoms with Crippen molar-refractivity contribution >= 4 is 27.5 Å². The molecule has 1 heterocycles. The highest BCUT2D eigenvalue weighted by Gasteiger charge is 2.31. The van der Waals surface area contributed by atoms with Crippen molar-refractivity contribution in [3.8, 4) is 6.07 Å². The number of hydrogen-bond donors (Lipinski definition) is 0. The average Bonchev–Trinajstić information content (AvgIpc) is 3.19. The maximum absolute atomic E-state index is 9.20. The first-order valence-corrected chi connectivity index (χ1v) is 7.27. The Morgan fingerprint density at radius 3 is 2.63 bits per heavy atom. The summed E-state index contributed by atoms with van der Waals surface area (Å²) >= 11 is 9.66. The third-order valence-electron chi connectivity index (χ3n) is 3.24. The van der Waals surface area contributed by atoms with Crippen LogP contribution in [0.25, 0.3) is 0 Å². The first kappa shape index (κ1) is 12.7. The fourth-order valence-electron chi connectivity index (χ4n) is 2.07. The molecule has 0 aliphatic heterocycles. The van der Waals surface area contributed by atoms with E-state index in [1.165, 1.54) is 0 Å². The number of hydrogen-bond acceptors (Lipinski definition) is 2. The van der Waals surface area contributed by atoms with Gasteiger partial charge in [0, 0.05) is 10.4 Å². The van der Waals surface area contributed by atoms with E-state index in [9.17, 15) is 5.26 Å². The minimum atomic E-state index is 0.429. The summed E-state index contributed by atoms with van der Waals surface area (Å²) in [6, 6.07) is 10.2. The molecule has 0 unspecified atom stereocenters. The number of aromatic nitrogens is 2. The summed E-state index contributed by atoms with van der Waals surface area (Å²) in [6.45, 7) is 0.591. The van der Waals surface area contributed by atoms with E-state index in [4.69, 9.17) is 11.6 Å². The van der Waals surface area contributed by atoms with Crippen LogP contribution in [0.2, 0.25) is 5.15 Å². The fraction of sp³-hybridized carbons (Fsp3) is 0.286. The van der Waals surface area contributed by atoms with Crippen LogP contribution in [0.1, 0.15) is 35.6 Å². The van der Waals surface area contributed by atoms with Crippen molar-refractivity contribution in [3.63, 3.8) is 0 Å². The first-order valence-electron chi connectivity index (χ1n) is 6.10. The van der Waals surface area contributed by atoms with Crippen molar-refractivity contribution < 1.29 is 0 Å². The van der Waals surface area contributed by atoms with Gasteiger partial charge >= 0.3 is 0 Å². The molecule has 1 fully saturated rings. The maximum atomic E-state index is 9.20. The van der Waals surface area contributed by atoms with E-state index in [2.05, 4.69) is 27.1 Å². The predicted octanol–water partition coefficient (Wildman–Crippen LogP) is 4.10. The van der Waals surface area contributed by atoms with Crippen molar-refractivity contribution in [3.05, 3.63) is 50.7 Å². The molecule has 5 heteroatoms. The Balaban J connectivity index is 1.93. The minimum absolute atomic E-state index is 0.429. The molecule has 2 aromatic rings. The fourth-order valence-corrected chi connectivity index (χ4v) is 2.57. The molecule has 96 valence electrons. The molecule has 1 aromatic heterocycles. The van der Waals surface area contributed by atoms with Gasteiger partial charge in [0.1, 0.15) is 16.8 Å². The van der Waals surface area contributed by atoms with Crippen LogP contribution in [-0.4, -0.2) is 9.78 Å². The molecule has 0 N–H and O–H groups in total. The van der Waals surface area contributed by atoms with Crippen molar-refractivity contribution in [2.75, 3.05) is 0 Å². The highest BCUT2D eigenvalue weighted by molar-refractivity contribution is 9.10. The summed E-state index contributed by atoms with van der Waals surface area (Å²) in [5, 5.41) is 14.2. The molecule has 0 saturated heterocycles. The summed E-state index contributed by atoms with van der Waals surface area (Å²) in [7, 11) is 0. The van der Waals surface area contributed by atoms with Crippen molar-refractivity contribution in [1.29, 1.82) is 5.26 Å². The zero-order valence-corrected chi connectivity index (χ0v) is 12.4. The smallest absolute Gasteiger partial charge is 0.145 e. The zero-order chi connectivity index (χ0) is 13.4. The number of halogens is 2. The van der Waals surface area contributed by atoms with Gasteiger partial charge < -0.3 is 0 Å². The van der Waals surface area contributed by atoms with E-state index in [0.717, 1.165) is 28.6 Å². The molecule has 3 rings (SSSR count). The monoisotopic (exact) mass is 335 g/mol. The Bertz CT molecular complexity index is 651. The quantitative estimate of drug-likeness (QED) is 0.847. The highest BCUT2D eigenvalue weighted by Crippen LogP contribution is 2.42. The Hall–Kier alpha value is -1.31. The number of nitriles is 1. The van der Waals surface area contributed by atoms with Gasteiger partial charge in [0.25, 0.3) is 0 Å². The molecule has 1 aromatic carbocycles. The van der Waals surface area contributed by atoms with E-state index in [1.807, 2.05) is 24.3 Å². The second kappa shape index (κ2) is 4.99. The SMILES string of the molecule is N#Cc1c(C2CC2)nn(Cc2ccc(Br)cc2)c1Cl. The van der Waals surface area contributed by atoms with Crippen LogP contribution in [0.4, 0.5) is 0 Å². The molecule has 1 aliphatic rings. The average molecular weight is 337 g/mol. The van der Waals surface area contributed by atoms with Crippen molar-refractivity contribution in [2.24, 2.45) is 0 Å². The van der Waals surface area contributed by atoms with Gasteiger partial charge in [-0.15, -0.1) is 0 Å². The first-order chi connectivity index (χ1) is 9.19. The molecule has 19 heavy (non-hydrogen) atoms. The molecule has 0 atom stereocenters. The van der Waals surface area contributed by atoms with Gasteiger partial charge in [-0.3, -0.25) is 0 Å². The van der Waals surface area contributed by atoms with E-state index >= 15 is 0 Å². The molecule has 0 bridgehead atoms. The molecule has 3 nitrogen and oxygen atoms in total. The molecule has 0 spiro atoms. The summed E-state index contributed by atoms with van der Waals surface area (Å²) in [5.74, 6) is 0.429. The van der Waals surface area contributed by atoms with Crippen LogP contribution >= 0.6 is 27.5 Å². The third-order valence-corrected chi connectivity index (χ3v) is 4.15. The normalized spacial score (nSPS) is 14.4. The van der Waals surface area contributed by atoms with Crippen LogP contribution in [0, 0.1) is 11.3 Å². The lowest BCUT2D eigenvalue weighted by atomic mass is 10.2. The van der Waals surface area contributed by atoms with Gasteiger partial charge in [-0.1, -0.05) is 39.7 Å². The summed E-state index contributed by atoms with van der Waals surface area (Å²) < 4.78 is 2.76. The lowest BCUT2D eigenvalue weighted by Crippen LogP contribution is -2.02. The molecule has 0 amide bonds. The van der Waals surface area contributed by atoms with Gasteiger partial charge in [-0.2, -0.15) is 10.4 Å². The van der Waals surface area contributed by atoms with Gasteiger partial charge in [-0.05, 0) is 30.5 Å². The lowest BCUT2D eigenvalue weighted by Gasteiger charge is -2.03. The lowest BCUT2D eigenvalue weighted by molar-refractivity contribution is 0.673. The van der Waals surface area contributed by atoms with Crippen molar-refractivity contribution in [2.45, 2.75) is 25.3 Å². The number of rotatable bonds is 3. The third kappa shape index (κ3) is 2.54. The molecule has 1 saturated carbocycles. The van der Waals surface area contributed by atoms with E-state index in [1.54, 1.807) is 4.68 Å². The summed E-state index contributed by atoms with van der Waals surface area (Å²) in [4.78, 5) is 0. The standard InChI is InChI=1S/C14H11BrClN3/c15-11-5-1-9(2-6-11)8-19-14(16)12(7-17)13(18-19)10-3-4-10/h1-2,5-6,10H,3-4,8H2. The topological polar surface area (TPSA) is 41.6 Å². The highest BCUT2D eigenvalue weighted by atomic mass is 79.9. The second-order valence-electron chi connectivity index (χ2n) is 4.72. The Morgan fingerprint density at radius 2 is 2.05 bits per heavy atom. The number of nitrogens with zero attached hydrogens (tertiary/aromatic N) is 3. The van der Waals surface area contributed by atoms with Crippen LogP contribution in [0.15, 0.2) is 28.7 Å². The zero-order valence-electron chi connectivity index (χ0n) is 10.1. The molecule has 0 radical (unpaired) electrons. The van der Waals surface area contributed by atoms with Gasteiger partial charge in [0.05, 0.1) is 12.2 Å². The molecular weight excluding hydrogens is 326 g/mol. The minimum Gasteiger partial charge on any atom is -0.248 e. The Morgan fingerprint density at radius 1 is 1.37 bits per heavy atom. The Kier molecular flexibility index (Phi) is 3.34. The van der Waals surface area contributed by atoms with Gasteiger partial charge in [-0.25, -0.2) is 4.68 Å².